The average Bonchev–Trinajstić information content (AvgIpc) is 3.01. The van der Waals surface area contributed by atoms with Gasteiger partial charge in [-0.05, 0) is 22.8 Å². The number of halogens is 1. The molecule has 3 nitrogen and oxygen atoms in total. The predicted molar refractivity (Wildman–Crippen MR) is 85.0 cm³/mol. The lowest BCUT2D eigenvalue weighted by molar-refractivity contribution is 0.574. The van der Waals surface area contributed by atoms with Gasteiger partial charge in [-0.3, -0.25) is 0 Å². The minimum atomic E-state index is 0. The van der Waals surface area contributed by atoms with Gasteiger partial charge in [0, 0.05) is 10.9 Å². The van der Waals surface area contributed by atoms with Gasteiger partial charge in [0.15, 0.2) is 0 Å². The SMILES string of the molecule is BrCc1ccc(-c2ccccc2)c(-c2ncco2)c1.N. The van der Waals surface area contributed by atoms with E-state index in [0.29, 0.717) is 5.89 Å². The van der Waals surface area contributed by atoms with Crippen molar-refractivity contribution in [1.29, 1.82) is 0 Å². The predicted octanol–water partition coefficient (Wildman–Crippen LogP) is 5.07. The van der Waals surface area contributed by atoms with Gasteiger partial charge < -0.3 is 10.6 Å². The summed E-state index contributed by atoms with van der Waals surface area (Å²) >= 11 is 3.48. The molecule has 0 aliphatic rings. The molecule has 3 N–H and O–H groups in total. The molecule has 3 aromatic rings. The van der Waals surface area contributed by atoms with Crippen molar-refractivity contribution < 1.29 is 4.42 Å². The third-order valence-corrected chi connectivity index (χ3v) is 3.63. The first-order chi connectivity index (χ1) is 9.38. The summed E-state index contributed by atoms with van der Waals surface area (Å²) < 4.78 is 5.45. The maximum Gasteiger partial charge on any atom is 0.226 e. The number of rotatable bonds is 3. The molecule has 0 amide bonds. The van der Waals surface area contributed by atoms with Gasteiger partial charge in [0.05, 0.1) is 6.20 Å². The maximum absolute atomic E-state index is 5.45. The molecule has 0 bridgehead atoms. The summed E-state index contributed by atoms with van der Waals surface area (Å²) in [5, 5.41) is 0.815. The summed E-state index contributed by atoms with van der Waals surface area (Å²) in [6.45, 7) is 0. The Morgan fingerprint density at radius 1 is 1.00 bits per heavy atom. The van der Waals surface area contributed by atoms with Crippen molar-refractivity contribution in [2.75, 3.05) is 0 Å². The molecular formula is C16H15BrN2O. The lowest BCUT2D eigenvalue weighted by atomic mass is 9.98. The van der Waals surface area contributed by atoms with Gasteiger partial charge in [0.25, 0.3) is 0 Å². The Morgan fingerprint density at radius 2 is 1.80 bits per heavy atom. The highest BCUT2D eigenvalue weighted by Gasteiger charge is 2.11. The fourth-order valence-corrected chi connectivity index (χ4v) is 2.43. The van der Waals surface area contributed by atoms with E-state index in [0.717, 1.165) is 22.0 Å². The first kappa shape index (κ1) is 14.5. The van der Waals surface area contributed by atoms with E-state index in [1.807, 2.05) is 18.2 Å². The quantitative estimate of drug-likeness (QED) is 0.682. The first-order valence-corrected chi connectivity index (χ1v) is 7.15. The van der Waals surface area contributed by atoms with E-state index < -0.39 is 0 Å². The minimum Gasteiger partial charge on any atom is -0.445 e. The fourth-order valence-electron chi connectivity index (χ4n) is 2.08. The molecule has 0 saturated heterocycles. The van der Waals surface area contributed by atoms with Gasteiger partial charge in [0.1, 0.15) is 6.26 Å². The molecule has 0 fully saturated rings. The van der Waals surface area contributed by atoms with E-state index in [-0.39, 0.29) is 6.15 Å². The second-order valence-electron chi connectivity index (χ2n) is 4.22. The Labute approximate surface area is 126 Å². The molecular weight excluding hydrogens is 316 g/mol. The zero-order chi connectivity index (χ0) is 13.1. The van der Waals surface area contributed by atoms with Crippen molar-refractivity contribution in [3.8, 4) is 22.6 Å². The average molecular weight is 331 g/mol. The topological polar surface area (TPSA) is 61.0 Å². The molecule has 0 aliphatic carbocycles. The Kier molecular flexibility index (Phi) is 4.71. The third kappa shape index (κ3) is 2.81. The standard InChI is InChI=1S/C16H12BrNO.H3N/c17-11-12-6-7-14(13-4-2-1-3-5-13)15(10-12)16-18-8-9-19-16;/h1-10H,11H2;1H3. The highest BCUT2D eigenvalue weighted by molar-refractivity contribution is 9.08. The van der Waals surface area contributed by atoms with Crippen LogP contribution in [0.1, 0.15) is 5.56 Å². The van der Waals surface area contributed by atoms with E-state index >= 15 is 0 Å². The number of aromatic nitrogens is 1. The van der Waals surface area contributed by atoms with Gasteiger partial charge in [-0.2, -0.15) is 0 Å². The van der Waals surface area contributed by atoms with Crippen LogP contribution in [0.2, 0.25) is 0 Å². The zero-order valence-corrected chi connectivity index (χ0v) is 12.5. The molecule has 0 atom stereocenters. The number of oxazole rings is 1. The van der Waals surface area contributed by atoms with E-state index in [4.69, 9.17) is 4.42 Å². The molecule has 3 rings (SSSR count). The highest BCUT2D eigenvalue weighted by Crippen LogP contribution is 2.32. The van der Waals surface area contributed by atoms with Crippen molar-refractivity contribution in [2.24, 2.45) is 0 Å². The summed E-state index contributed by atoms with van der Waals surface area (Å²) in [6, 6.07) is 16.6. The van der Waals surface area contributed by atoms with Crippen LogP contribution in [0.4, 0.5) is 0 Å². The van der Waals surface area contributed by atoms with Gasteiger partial charge in [-0.15, -0.1) is 0 Å². The Morgan fingerprint density at radius 3 is 2.45 bits per heavy atom. The molecule has 1 heterocycles. The molecule has 0 spiro atoms. The number of nitrogens with zero attached hydrogens (tertiary/aromatic N) is 1. The molecule has 0 aliphatic heterocycles. The summed E-state index contributed by atoms with van der Waals surface area (Å²) in [6.07, 6.45) is 3.27. The van der Waals surface area contributed by atoms with Crippen LogP contribution >= 0.6 is 15.9 Å². The van der Waals surface area contributed by atoms with Crippen LogP contribution in [0.25, 0.3) is 22.6 Å². The van der Waals surface area contributed by atoms with Crippen molar-refractivity contribution in [3.63, 3.8) is 0 Å². The third-order valence-electron chi connectivity index (χ3n) is 2.99. The van der Waals surface area contributed by atoms with E-state index in [2.05, 4.69) is 51.2 Å². The van der Waals surface area contributed by atoms with Crippen LogP contribution in [-0.2, 0) is 5.33 Å². The van der Waals surface area contributed by atoms with Crippen LogP contribution in [0.15, 0.2) is 65.4 Å². The molecule has 1 aromatic heterocycles. The second-order valence-corrected chi connectivity index (χ2v) is 4.78. The van der Waals surface area contributed by atoms with Gasteiger partial charge >= 0.3 is 0 Å². The largest absolute Gasteiger partial charge is 0.445 e. The summed E-state index contributed by atoms with van der Waals surface area (Å²) in [5.41, 5.74) is 4.52. The molecule has 0 saturated carbocycles. The van der Waals surface area contributed by atoms with Crippen LogP contribution in [0.3, 0.4) is 0 Å². The lowest BCUT2D eigenvalue weighted by Crippen LogP contribution is -1.88. The van der Waals surface area contributed by atoms with Crippen molar-refractivity contribution in [2.45, 2.75) is 5.33 Å². The number of alkyl halides is 1. The number of hydrogen-bond donors (Lipinski definition) is 1. The molecule has 20 heavy (non-hydrogen) atoms. The van der Waals surface area contributed by atoms with Crippen molar-refractivity contribution in [3.05, 3.63) is 66.6 Å². The van der Waals surface area contributed by atoms with E-state index in [9.17, 15) is 0 Å². The zero-order valence-electron chi connectivity index (χ0n) is 10.9. The van der Waals surface area contributed by atoms with E-state index in [1.165, 1.54) is 5.56 Å². The summed E-state index contributed by atoms with van der Waals surface area (Å²) in [7, 11) is 0. The van der Waals surface area contributed by atoms with Crippen LogP contribution in [-0.4, -0.2) is 4.98 Å². The van der Waals surface area contributed by atoms with Gasteiger partial charge in [0.2, 0.25) is 5.89 Å². The second kappa shape index (κ2) is 6.50. The molecule has 102 valence electrons. The maximum atomic E-state index is 5.45. The Balaban J connectivity index is 0.00000147. The molecule has 0 unspecified atom stereocenters. The summed E-state index contributed by atoms with van der Waals surface area (Å²) in [4.78, 5) is 4.27. The normalized spacial score (nSPS) is 10.1. The van der Waals surface area contributed by atoms with Gasteiger partial charge in [-0.1, -0.05) is 58.4 Å². The monoisotopic (exact) mass is 330 g/mol. The van der Waals surface area contributed by atoms with Crippen molar-refractivity contribution in [1.82, 2.24) is 11.1 Å². The van der Waals surface area contributed by atoms with E-state index in [1.54, 1.807) is 12.5 Å². The molecule has 2 aromatic carbocycles. The highest BCUT2D eigenvalue weighted by atomic mass is 79.9. The van der Waals surface area contributed by atoms with Crippen molar-refractivity contribution >= 4 is 15.9 Å². The molecule has 4 heteroatoms. The van der Waals surface area contributed by atoms with Gasteiger partial charge in [-0.25, -0.2) is 4.98 Å². The molecule has 0 radical (unpaired) electrons. The smallest absolute Gasteiger partial charge is 0.226 e. The van der Waals surface area contributed by atoms with Crippen LogP contribution < -0.4 is 6.15 Å². The number of benzene rings is 2. The van der Waals surface area contributed by atoms with Crippen LogP contribution in [0, 0.1) is 0 Å². The minimum absolute atomic E-state index is 0. The first-order valence-electron chi connectivity index (χ1n) is 6.02. The Hall–Kier alpha value is -1.91. The lowest BCUT2D eigenvalue weighted by Gasteiger charge is -2.08. The number of hydrogen-bond acceptors (Lipinski definition) is 3. The Bertz CT molecular complexity index is 666. The fraction of sp³-hybridized carbons (Fsp3) is 0.0625. The summed E-state index contributed by atoms with van der Waals surface area (Å²) in [5.74, 6) is 0.654. The van der Waals surface area contributed by atoms with Crippen LogP contribution in [0.5, 0.6) is 0 Å².